The molecule has 194 valence electrons. The summed E-state index contributed by atoms with van der Waals surface area (Å²) in [7, 11) is 0. The second-order valence-electron chi connectivity index (χ2n) is 11.1. The number of fused-ring (bicyclic) bond motifs is 4. The second kappa shape index (κ2) is 9.84. The van der Waals surface area contributed by atoms with Gasteiger partial charge in [0.05, 0.1) is 23.0 Å². The number of aryl methyl sites for hydroxylation is 1. The van der Waals surface area contributed by atoms with E-state index in [2.05, 4.69) is 56.7 Å². The smallest absolute Gasteiger partial charge is 0.251 e. The molecule has 0 radical (unpaired) electrons. The zero-order valence-electron chi connectivity index (χ0n) is 21.8. The Hall–Kier alpha value is -3.35. The van der Waals surface area contributed by atoms with E-state index in [1.807, 2.05) is 25.1 Å². The number of nitrogens with zero attached hydrogens (tertiary/aromatic N) is 2. The highest BCUT2D eigenvalue weighted by atomic mass is 16.2. The van der Waals surface area contributed by atoms with E-state index in [9.17, 15) is 9.59 Å². The van der Waals surface area contributed by atoms with Crippen LogP contribution in [0.15, 0.2) is 42.5 Å². The third kappa shape index (κ3) is 4.38. The van der Waals surface area contributed by atoms with Crippen molar-refractivity contribution < 1.29 is 9.59 Å². The number of H-pyrrole nitrogens is 1. The minimum absolute atomic E-state index is 0.116. The van der Waals surface area contributed by atoms with Gasteiger partial charge in [-0.3, -0.25) is 9.59 Å². The largest absolute Gasteiger partial charge is 0.382 e. The molecule has 2 aliphatic heterocycles. The molecule has 3 aliphatic rings. The van der Waals surface area contributed by atoms with Crippen LogP contribution in [0.2, 0.25) is 0 Å². The summed E-state index contributed by atoms with van der Waals surface area (Å²) < 4.78 is 0. The van der Waals surface area contributed by atoms with E-state index in [1.54, 1.807) is 0 Å². The van der Waals surface area contributed by atoms with Gasteiger partial charge in [-0.25, -0.2) is 4.98 Å². The summed E-state index contributed by atoms with van der Waals surface area (Å²) in [6.07, 6.45) is 6.99. The molecule has 7 nitrogen and oxygen atoms in total. The minimum Gasteiger partial charge on any atom is -0.382 e. The van der Waals surface area contributed by atoms with E-state index in [0.717, 1.165) is 68.3 Å². The van der Waals surface area contributed by atoms with Crippen LogP contribution in [-0.2, 0) is 4.79 Å². The molecule has 5 atom stereocenters. The molecule has 2 fully saturated rings. The number of likely N-dealkylation sites (tertiary alicyclic amines) is 1. The number of imidazole rings is 1. The summed E-state index contributed by atoms with van der Waals surface area (Å²) in [5.41, 5.74) is 4.72. The molecule has 2 aromatic carbocycles. The van der Waals surface area contributed by atoms with Crippen molar-refractivity contribution in [2.75, 3.05) is 11.9 Å². The molecule has 1 aromatic heterocycles. The van der Waals surface area contributed by atoms with E-state index in [0.29, 0.717) is 17.5 Å². The highest BCUT2D eigenvalue weighted by Crippen LogP contribution is 2.48. The Morgan fingerprint density at radius 3 is 2.81 bits per heavy atom. The monoisotopic (exact) mass is 499 g/mol. The standard InChI is InChI=1S/C30H37N5O2/c1-3-8-23-21-15-16-35(28(21)20-9-4-6-11-24(20)33-23)30(37)22-10-5-7-12-25(22)34-29(36)19-13-14-26-27(17-19)32-18(2)31-26/h4,6,9,11,13-14,17,21-23,25,28,33H,3,5,7-8,10,12,15-16H2,1-2H3,(H,31,32)(H,34,36)/t21-,22+,23-,25-,28+/m1/s1. The molecule has 37 heavy (non-hydrogen) atoms. The summed E-state index contributed by atoms with van der Waals surface area (Å²) in [4.78, 5) is 37.3. The van der Waals surface area contributed by atoms with Crippen LogP contribution in [0.5, 0.6) is 0 Å². The first-order chi connectivity index (χ1) is 18.0. The minimum atomic E-state index is -0.179. The van der Waals surface area contributed by atoms with Crippen molar-refractivity contribution in [1.29, 1.82) is 0 Å². The Morgan fingerprint density at radius 2 is 1.95 bits per heavy atom. The van der Waals surface area contributed by atoms with E-state index < -0.39 is 0 Å². The maximum Gasteiger partial charge on any atom is 0.251 e. The predicted octanol–water partition coefficient (Wildman–Crippen LogP) is 5.34. The zero-order chi connectivity index (χ0) is 25.5. The van der Waals surface area contributed by atoms with Crippen molar-refractivity contribution in [3.8, 4) is 0 Å². The molecule has 0 spiro atoms. The van der Waals surface area contributed by atoms with Gasteiger partial charge in [-0.15, -0.1) is 0 Å². The van der Waals surface area contributed by atoms with Crippen LogP contribution in [-0.4, -0.2) is 45.3 Å². The SMILES string of the molecule is CCC[C@H]1Nc2ccccc2[C@H]2[C@@H]1CCN2C(=O)[C@H]1CCCC[C@H]1NC(=O)c1ccc2nc(C)[nH]c2c1. The number of carbonyl (C=O) groups excluding carboxylic acids is 2. The number of aromatic amines is 1. The fourth-order valence-corrected chi connectivity index (χ4v) is 7.02. The van der Waals surface area contributed by atoms with Crippen LogP contribution < -0.4 is 10.6 Å². The molecule has 2 amide bonds. The van der Waals surface area contributed by atoms with Crippen LogP contribution in [0.25, 0.3) is 11.0 Å². The first-order valence-corrected chi connectivity index (χ1v) is 14.0. The Morgan fingerprint density at radius 1 is 1.11 bits per heavy atom. The number of carbonyl (C=O) groups is 2. The highest BCUT2D eigenvalue weighted by Gasteiger charge is 2.47. The van der Waals surface area contributed by atoms with E-state index in [1.165, 1.54) is 11.3 Å². The average molecular weight is 500 g/mol. The number of rotatable bonds is 5. The van der Waals surface area contributed by atoms with E-state index in [-0.39, 0.29) is 29.8 Å². The van der Waals surface area contributed by atoms with Crippen LogP contribution in [0, 0.1) is 18.8 Å². The lowest BCUT2D eigenvalue weighted by molar-refractivity contribution is -0.138. The van der Waals surface area contributed by atoms with Crippen molar-refractivity contribution in [2.45, 2.75) is 76.9 Å². The molecular weight excluding hydrogens is 462 g/mol. The fraction of sp³-hybridized carbons (Fsp3) is 0.500. The Bertz CT molecular complexity index is 1320. The lowest BCUT2D eigenvalue weighted by Crippen LogP contribution is -2.50. The van der Waals surface area contributed by atoms with Gasteiger partial charge < -0.3 is 20.5 Å². The number of benzene rings is 2. The Balaban J connectivity index is 1.23. The summed E-state index contributed by atoms with van der Waals surface area (Å²) in [6, 6.07) is 14.4. The number of hydrogen-bond donors (Lipinski definition) is 3. The first kappa shape index (κ1) is 24.0. The van der Waals surface area contributed by atoms with Crippen LogP contribution in [0.1, 0.15) is 79.7 Å². The molecule has 3 N–H and O–H groups in total. The molecule has 6 rings (SSSR count). The van der Waals surface area contributed by atoms with Gasteiger partial charge in [-0.05, 0) is 62.4 Å². The number of anilines is 1. The maximum absolute atomic E-state index is 14.2. The van der Waals surface area contributed by atoms with Gasteiger partial charge in [0, 0.05) is 35.8 Å². The topological polar surface area (TPSA) is 90.1 Å². The van der Waals surface area contributed by atoms with Crippen LogP contribution in [0.4, 0.5) is 5.69 Å². The van der Waals surface area contributed by atoms with Crippen molar-refractivity contribution in [2.24, 2.45) is 11.8 Å². The maximum atomic E-state index is 14.2. The number of amides is 2. The third-order valence-corrected chi connectivity index (χ3v) is 8.73. The first-order valence-electron chi connectivity index (χ1n) is 14.0. The third-order valence-electron chi connectivity index (χ3n) is 8.73. The van der Waals surface area contributed by atoms with Crippen LogP contribution in [0.3, 0.4) is 0 Å². The summed E-state index contributed by atoms with van der Waals surface area (Å²) in [5.74, 6) is 1.17. The van der Waals surface area contributed by atoms with Crippen molar-refractivity contribution >= 4 is 28.5 Å². The summed E-state index contributed by atoms with van der Waals surface area (Å²) in [5, 5.41) is 7.02. The molecule has 3 heterocycles. The van der Waals surface area contributed by atoms with E-state index >= 15 is 0 Å². The fourth-order valence-electron chi connectivity index (χ4n) is 7.02. The lowest BCUT2D eigenvalue weighted by Gasteiger charge is -2.42. The van der Waals surface area contributed by atoms with Gasteiger partial charge in [-0.2, -0.15) is 0 Å². The molecule has 3 aromatic rings. The Kier molecular flexibility index (Phi) is 6.39. The van der Waals surface area contributed by atoms with E-state index in [4.69, 9.17) is 0 Å². The number of aromatic nitrogens is 2. The molecule has 0 unspecified atom stereocenters. The zero-order valence-corrected chi connectivity index (χ0v) is 21.8. The van der Waals surface area contributed by atoms with Crippen LogP contribution >= 0.6 is 0 Å². The normalized spacial score (nSPS) is 26.9. The molecule has 1 saturated heterocycles. The number of hydrogen-bond acceptors (Lipinski definition) is 4. The van der Waals surface area contributed by atoms with Crippen molar-refractivity contribution in [3.63, 3.8) is 0 Å². The van der Waals surface area contributed by atoms with Gasteiger partial charge in [0.15, 0.2) is 0 Å². The van der Waals surface area contributed by atoms with Gasteiger partial charge in [0.2, 0.25) is 5.91 Å². The quantitative estimate of drug-likeness (QED) is 0.442. The van der Waals surface area contributed by atoms with Crippen molar-refractivity contribution in [3.05, 3.63) is 59.4 Å². The second-order valence-corrected chi connectivity index (χ2v) is 11.1. The van der Waals surface area contributed by atoms with Gasteiger partial charge in [0.25, 0.3) is 5.91 Å². The summed E-state index contributed by atoms with van der Waals surface area (Å²) >= 11 is 0. The average Bonchev–Trinajstić information content (AvgIpc) is 3.52. The molecule has 1 saturated carbocycles. The predicted molar refractivity (Wildman–Crippen MR) is 145 cm³/mol. The highest BCUT2D eigenvalue weighted by molar-refractivity contribution is 5.98. The van der Waals surface area contributed by atoms with Crippen molar-refractivity contribution in [1.82, 2.24) is 20.2 Å². The van der Waals surface area contributed by atoms with Gasteiger partial charge >= 0.3 is 0 Å². The van der Waals surface area contributed by atoms with Gasteiger partial charge in [0.1, 0.15) is 5.82 Å². The Labute approximate surface area is 218 Å². The van der Waals surface area contributed by atoms with Gasteiger partial charge in [-0.1, -0.05) is 44.4 Å². The number of para-hydroxylation sites is 1. The number of nitrogens with one attached hydrogen (secondary N) is 3. The molecular formula is C30H37N5O2. The lowest BCUT2D eigenvalue weighted by atomic mass is 9.80. The molecule has 7 heteroatoms. The molecule has 1 aliphatic carbocycles. The summed E-state index contributed by atoms with van der Waals surface area (Å²) in [6.45, 7) is 4.93. The molecule has 0 bridgehead atoms.